The van der Waals surface area contributed by atoms with E-state index in [-0.39, 0.29) is 0 Å². The first-order valence-electron chi connectivity index (χ1n) is 4.19. The van der Waals surface area contributed by atoms with Gasteiger partial charge < -0.3 is 10.2 Å². The lowest BCUT2D eigenvalue weighted by Gasteiger charge is -1.95. The SMILES string of the molecule is NCCc1ocnc1-c1ccc(Br)s1. The molecule has 74 valence electrons. The molecule has 0 aliphatic carbocycles. The third-order valence-corrected chi connectivity index (χ3v) is 3.45. The maximum Gasteiger partial charge on any atom is 0.181 e. The molecule has 0 unspecified atom stereocenters. The summed E-state index contributed by atoms with van der Waals surface area (Å²) >= 11 is 5.06. The van der Waals surface area contributed by atoms with Gasteiger partial charge in [-0.2, -0.15) is 0 Å². The summed E-state index contributed by atoms with van der Waals surface area (Å²) < 4.78 is 6.36. The molecule has 0 fully saturated rings. The van der Waals surface area contributed by atoms with Gasteiger partial charge in [0.2, 0.25) is 0 Å². The van der Waals surface area contributed by atoms with E-state index >= 15 is 0 Å². The van der Waals surface area contributed by atoms with Crippen LogP contribution in [0.2, 0.25) is 0 Å². The zero-order valence-corrected chi connectivity index (χ0v) is 9.77. The van der Waals surface area contributed by atoms with Crippen molar-refractivity contribution in [2.75, 3.05) is 6.54 Å². The van der Waals surface area contributed by atoms with Crippen LogP contribution in [0.5, 0.6) is 0 Å². The Morgan fingerprint density at radius 2 is 2.36 bits per heavy atom. The van der Waals surface area contributed by atoms with E-state index in [1.54, 1.807) is 11.3 Å². The summed E-state index contributed by atoms with van der Waals surface area (Å²) in [6.45, 7) is 0.578. The van der Waals surface area contributed by atoms with E-state index in [0.29, 0.717) is 6.54 Å². The summed E-state index contributed by atoms with van der Waals surface area (Å²) in [4.78, 5) is 5.29. The van der Waals surface area contributed by atoms with Crippen molar-refractivity contribution in [3.63, 3.8) is 0 Å². The average molecular weight is 273 g/mol. The molecular weight excluding hydrogens is 264 g/mol. The molecule has 2 heterocycles. The van der Waals surface area contributed by atoms with Gasteiger partial charge in [0.1, 0.15) is 11.5 Å². The summed E-state index contributed by atoms with van der Waals surface area (Å²) in [7, 11) is 0. The second-order valence-electron chi connectivity index (χ2n) is 2.77. The van der Waals surface area contributed by atoms with Crippen molar-refractivity contribution in [3.8, 4) is 10.6 Å². The Balaban J connectivity index is 2.36. The molecular formula is C9H9BrN2OS. The van der Waals surface area contributed by atoms with E-state index in [4.69, 9.17) is 10.2 Å². The van der Waals surface area contributed by atoms with Gasteiger partial charge in [0.25, 0.3) is 0 Å². The third-order valence-electron chi connectivity index (χ3n) is 1.82. The van der Waals surface area contributed by atoms with Crippen molar-refractivity contribution in [3.05, 3.63) is 28.1 Å². The maximum absolute atomic E-state index is 5.48. The Bertz CT molecular complexity index is 424. The Morgan fingerprint density at radius 3 is 3.00 bits per heavy atom. The minimum atomic E-state index is 0.578. The summed E-state index contributed by atoms with van der Waals surface area (Å²) in [5.74, 6) is 0.863. The van der Waals surface area contributed by atoms with Gasteiger partial charge >= 0.3 is 0 Å². The maximum atomic E-state index is 5.48. The molecule has 14 heavy (non-hydrogen) atoms. The Hall–Kier alpha value is -0.650. The second-order valence-corrected chi connectivity index (χ2v) is 5.23. The monoisotopic (exact) mass is 272 g/mol. The van der Waals surface area contributed by atoms with Gasteiger partial charge in [-0.3, -0.25) is 0 Å². The van der Waals surface area contributed by atoms with Crippen LogP contribution < -0.4 is 5.73 Å². The number of oxazole rings is 1. The molecule has 0 bridgehead atoms. The molecule has 0 atom stereocenters. The van der Waals surface area contributed by atoms with Crippen LogP contribution in [0.1, 0.15) is 5.76 Å². The molecule has 0 amide bonds. The van der Waals surface area contributed by atoms with Crippen LogP contribution in [-0.2, 0) is 6.42 Å². The predicted octanol–water partition coefficient (Wildman–Crippen LogP) is 2.67. The largest absolute Gasteiger partial charge is 0.448 e. The fourth-order valence-electron chi connectivity index (χ4n) is 1.22. The Labute approximate surface area is 94.1 Å². The summed E-state index contributed by atoms with van der Waals surface area (Å²) in [6.07, 6.45) is 2.19. The topological polar surface area (TPSA) is 52.0 Å². The molecule has 2 aromatic heterocycles. The van der Waals surface area contributed by atoms with Crippen molar-refractivity contribution in [2.24, 2.45) is 5.73 Å². The molecule has 3 nitrogen and oxygen atoms in total. The van der Waals surface area contributed by atoms with Gasteiger partial charge in [-0.05, 0) is 34.6 Å². The van der Waals surface area contributed by atoms with Gasteiger partial charge in [0.05, 0.1) is 8.66 Å². The minimum Gasteiger partial charge on any atom is -0.448 e. The number of halogens is 1. The van der Waals surface area contributed by atoms with Gasteiger partial charge in [-0.15, -0.1) is 11.3 Å². The van der Waals surface area contributed by atoms with Gasteiger partial charge in [-0.25, -0.2) is 4.98 Å². The van der Waals surface area contributed by atoms with Gasteiger partial charge in [-0.1, -0.05) is 0 Å². The highest BCUT2D eigenvalue weighted by Crippen LogP contribution is 2.32. The highest BCUT2D eigenvalue weighted by molar-refractivity contribution is 9.11. The molecule has 2 N–H and O–H groups in total. The lowest BCUT2D eigenvalue weighted by molar-refractivity contribution is 0.506. The average Bonchev–Trinajstić information content (AvgIpc) is 2.74. The quantitative estimate of drug-likeness (QED) is 0.935. The van der Waals surface area contributed by atoms with E-state index in [9.17, 15) is 0 Å². The number of hydrogen-bond acceptors (Lipinski definition) is 4. The molecule has 0 spiro atoms. The molecule has 2 aromatic rings. The Morgan fingerprint density at radius 1 is 1.50 bits per heavy atom. The second kappa shape index (κ2) is 4.25. The number of nitrogens with zero attached hydrogens (tertiary/aromatic N) is 1. The smallest absolute Gasteiger partial charge is 0.181 e. The summed E-state index contributed by atoms with van der Waals surface area (Å²) in [6, 6.07) is 4.02. The van der Waals surface area contributed by atoms with Crippen molar-refractivity contribution >= 4 is 27.3 Å². The van der Waals surface area contributed by atoms with Crippen molar-refractivity contribution < 1.29 is 4.42 Å². The molecule has 0 radical (unpaired) electrons. The first-order chi connectivity index (χ1) is 6.81. The number of nitrogens with two attached hydrogens (primary N) is 1. The number of rotatable bonds is 3. The lowest BCUT2D eigenvalue weighted by Crippen LogP contribution is -2.02. The van der Waals surface area contributed by atoms with Crippen LogP contribution in [0.4, 0.5) is 0 Å². The number of hydrogen-bond donors (Lipinski definition) is 1. The van der Waals surface area contributed by atoms with E-state index in [1.165, 1.54) is 6.39 Å². The fourth-order valence-corrected chi connectivity index (χ4v) is 2.62. The highest BCUT2D eigenvalue weighted by Gasteiger charge is 2.11. The van der Waals surface area contributed by atoms with Crippen molar-refractivity contribution in [1.29, 1.82) is 0 Å². The summed E-state index contributed by atoms with van der Waals surface area (Å²) in [5.41, 5.74) is 6.39. The predicted molar refractivity (Wildman–Crippen MR) is 60.3 cm³/mol. The Kier molecular flexibility index (Phi) is 3.00. The van der Waals surface area contributed by atoms with Crippen molar-refractivity contribution in [1.82, 2.24) is 4.98 Å². The molecule has 0 saturated carbocycles. The molecule has 5 heteroatoms. The zero-order chi connectivity index (χ0) is 9.97. The molecule has 0 aliphatic heterocycles. The minimum absolute atomic E-state index is 0.578. The number of thiophene rings is 1. The van der Waals surface area contributed by atoms with E-state index in [0.717, 1.165) is 26.5 Å². The van der Waals surface area contributed by atoms with Crippen molar-refractivity contribution in [2.45, 2.75) is 6.42 Å². The zero-order valence-electron chi connectivity index (χ0n) is 7.37. The summed E-state index contributed by atoms with van der Waals surface area (Å²) in [5, 5.41) is 0. The van der Waals surface area contributed by atoms with Crippen LogP contribution in [0.25, 0.3) is 10.6 Å². The molecule has 0 aromatic carbocycles. The van der Waals surface area contributed by atoms with Crippen LogP contribution in [0, 0.1) is 0 Å². The molecule has 0 saturated heterocycles. The fraction of sp³-hybridized carbons (Fsp3) is 0.222. The van der Waals surface area contributed by atoms with Crippen LogP contribution >= 0.6 is 27.3 Å². The van der Waals surface area contributed by atoms with Gasteiger partial charge in [0, 0.05) is 6.42 Å². The van der Waals surface area contributed by atoms with E-state index in [2.05, 4.69) is 20.9 Å². The van der Waals surface area contributed by atoms with Gasteiger partial charge in [0.15, 0.2) is 6.39 Å². The third kappa shape index (κ3) is 1.89. The first kappa shape index (κ1) is 9.89. The highest BCUT2D eigenvalue weighted by atomic mass is 79.9. The van der Waals surface area contributed by atoms with Crippen LogP contribution in [0.15, 0.2) is 26.7 Å². The first-order valence-corrected chi connectivity index (χ1v) is 5.80. The van der Waals surface area contributed by atoms with E-state index in [1.807, 2.05) is 12.1 Å². The number of aromatic nitrogens is 1. The normalized spacial score (nSPS) is 10.7. The standard InChI is InChI=1S/C9H9BrN2OS/c10-8-2-1-7(14-8)9-6(3-4-11)13-5-12-9/h1-2,5H,3-4,11H2. The van der Waals surface area contributed by atoms with E-state index < -0.39 is 0 Å². The van der Waals surface area contributed by atoms with Crippen LogP contribution in [-0.4, -0.2) is 11.5 Å². The lowest BCUT2D eigenvalue weighted by atomic mass is 10.2. The molecule has 2 rings (SSSR count). The van der Waals surface area contributed by atoms with Crippen LogP contribution in [0.3, 0.4) is 0 Å². The molecule has 0 aliphatic rings.